The fraction of sp³-hybridized carbons (Fsp3) is 0.200. The van der Waals surface area contributed by atoms with Crippen LogP contribution >= 0.6 is 11.6 Å². The van der Waals surface area contributed by atoms with Crippen LogP contribution in [0.5, 0.6) is 0 Å². The molecule has 1 N–H and O–H groups in total. The van der Waals surface area contributed by atoms with Crippen molar-refractivity contribution < 1.29 is 9.13 Å². The maximum absolute atomic E-state index is 12.7. The van der Waals surface area contributed by atoms with Gasteiger partial charge in [-0.3, -0.25) is 0 Å². The van der Waals surface area contributed by atoms with Crippen molar-refractivity contribution in [2.45, 2.75) is 6.61 Å². The lowest BCUT2D eigenvalue weighted by Gasteiger charge is -2.07. The first kappa shape index (κ1) is 13.8. The molecule has 0 aromatic heterocycles. The van der Waals surface area contributed by atoms with Crippen molar-refractivity contribution in [3.8, 4) is 0 Å². The maximum Gasteiger partial charge on any atom is 0.123 e. The summed E-state index contributed by atoms with van der Waals surface area (Å²) in [5.74, 6) is -0.232. The quantitative estimate of drug-likeness (QED) is 0.804. The second kappa shape index (κ2) is 7.12. The number of hydrogen-bond donors (Lipinski definition) is 1. The number of benzene rings is 2. The molecule has 0 aliphatic heterocycles. The lowest BCUT2D eigenvalue weighted by Crippen LogP contribution is -2.09. The maximum atomic E-state index is 12.7. The second-order valence-electron chi connectivity index (χ2n) is 4.11. The van der Waals surface area contributed by atoms with Crippen LogP contribution in [0.2, 0.25) is 5.02 Å². The molecule has 2 rings (SSSR count). The van der Waals surface area contributed by atoms with Crippen LogP contribution < -0.4 is 5.32 Å². The first-order valence-electron chi connectivity index (χ1n) is 6.06. The van der Waals surface area contributed by atoms with Gasteiger partial charge < -0.3 is 10.1 Å². The van der Waals surface area contributed by atoms with E-state index in [2.05, 4.69) is 5.32 Å². The van der Waals surface area contributed by atoms with Gasteiger partial charge in [-0.2, -0.15) is 0 Å². The van der Waals surface area contributed by atoms with Gasteiger partial charge in [-0.05, 0) is 42.0 Å². The second-order valence-corrected chi connectivity index (χ2v) is 4.55. The van der Waals surface area contributed by atoms with Gasteiger partial charge in [0.05, 0.1) is 13.2 Å². The Morgan fingerprint density at radius 1 is 1.00 bits per heavy atom. The van der Waals surface area contributed by atoms with Crippen molar-refractivity contribution >= 4 is 17.3 Å². The summed E-state index contributed by atoms with van der Waals surface area (Å²) >= 11 is 5.80. The minimum absolute atomic E-state index is 0.232. The minimum atomic E-state index is -0.232. The number of hydrogen-bond acceptors (Lipinski definition) is 2. The summed E-state index contributed by atoms with van der Waals surface area (Å²) in [7, 11) is 0. The molecular weight excluding hydrogens is 265 g/mol. The smallest absolute Gasteiger partial charge is 0.123 e. The molecule has 0 radical (unpaired) electrons. The number of ether oxygens (including phenoxy) is 1. The molecule has 19 heavy (non-hydrogen) atoms. The molecule has 0 spiro atoms. The van der Waals surface area contributed by atoms with Gasteiger partial charge in [0.1, 0.15) is 5.82 Å². The van der Waals surface area contributed by atoms with Crippen molar-refractivity contribution in [1.29, 1.82) is 0 Å². The minimum Gasteiger partial charge on any atom is -0.383 e. The number of rotatable bonds is 6. The summed E-state index contributed by atoms with van der Waals surface area (Å²) in [6.45, 7) is 1.82. The third kappa shape index (κ3) is 4.89. The molecule has 0 saturated heterocycles. The van der Waals surface area contributed by atoms with Crippen LogP contribution in [0.25, 0.3) is 0 Å². The molecule has 0 aliphatic carbocycles. The van der Waals surface area contributed by atoms with E-state index in [9.17, 15) is 4.39 Å². The van der Waals surface area contributed by atoms with E-state index in [1.807, 2.05) is 24.3 Å². The Labute approximate surface area is 117 Å². The molecule has 0 heterocycles. The van der Waals surface area contributed by atoms with Gasteiger partial charge in [-0.1, -0.05) is 23.7 Å². The van der Waals surface area contributed by atoms with Crippen molar-refractivity contribution in [2.75, 3.05) is 18.5 Å². The van der Waals surface area contributed by atoms with E-state index in [4.69, 9.17) is 16.3 Å². The first-order chi connectivity index (χ1) is 9.24. The van der Waals surface area contributed by atoms with Gasteiger partial charge in [0, 0.05) is 17.3 Å². The Morgan fingerprint density at radius 2 is 1.68 bits per heavy atom. The zero-order valence-corrected chi connectivity index (χ0v) is 11.2. The average Bonchev–Trinajstić information content (AvgIpc) is 2.43. The largest absolute Gasteiger partial charge is 0.383 e. The molecule has 0 atom stereocenters. The van der Waals surface area contributed by atoms with Crippen LogP contribution in [0, 0.1) is 5.82 Å². The fourth-order valence-corrected chi connectivity index (χ4v) is 1.73. The Balaban J connectivity index is 1.64. The van der Waals surface area contributed by atoms with E-state index in [0.717, 1.165) is 16.3 Å². The molecule has 0 bridgehead atoms. The Morgan fingerprint density at radius 3 is 2.37 bits per heavy atom. The molecule has 2 aromatic carbocycles. The molecule has 0 amide bonds. The molecular formula is C15H15ClFNO. The highest BCUT2D eigenvalue weighted by molar-refractivity contribution is 6.30. The summed E-state index contributed by atoms with van der Waals surface area (Å²) in [5.41, 5.74) is 1.97. The third-order valence-electron chi connectivity index (χ3n) is 2.60. The van der Waals surface area contributed by atoms with Gasteiger partial charge in [0.25, 0.3) is 0 Å². The summed E-state index contributed by atoms with van der Waals surface area (Å²) in [4.78, 5) is 0. The van der Waals surface area contributed by atoms with E-state index < -0.39 is 0 Å². The molecule has 2 nitrogen and oxygen atoms in total. The number of halogens is 2. The molecule has 2 aromatic rings. The van der Waals surface area contributed by atoms with Crippen LogP contribution in [-0.4, -0.2) is 13.2 Å². The highest BCUT2D eigenvalue weighted by atomic mass is 35.5. The van der Waals surface area contributed by atoms with Crippen LogP contribution in [0.15, 0.2) is 48.5 Å². The van der Waals surface area contributed by atoms with Crippen molar-refractivity contribution in [1.82, 2.24) is 0 Å². The molecule has 0 saturated carbocycles. The van der Waals surface area contributed by atoms with Crippen molar-refractivity contribution in [3.63, 3.8) is 0 Å². The molecule has 0 unspecified atom stereocenters. The predicted octanol–water partition coefficient (Wildman–Crippen LogP) is 4.11. The monoisotopic (exact) mass is 279 g/mol. The standard InChI is InChI=1S/C15H15ClFNO/c16-13-3-1-12(2-4-13)11-19-10-9-18-15-7-5-14(17)6-8-15/h1-8,18H,9-11H2. The molecule has 100 valence electrons. The van der Waals surface area contributed by atoms with E-state index in [1.165, 1.54) is 12.1 Å². The summed E-state index contributed by atoms with van der Waals surface area (Å²) in [5, 5.41) is 3.88. The Kier molecular flexibility index (Phi) is 5.19. The van der Waals surface area contributed by atoms with Crippen LogP contribution in [0.4, 0.5) is 10.1 Å². The Hall–Kier alpha value is -1.58. The zero-order chi connectivity index (χ0) is 13.5. The first-order valence-corrected chi connectivity index (χ1v) is 6.43. The van der Waals surface area contributed by atoms with Crippen LogP contribution in [0.3, 0.4) is 0 Å². The van der Waals surface area contributed by atoms with E-state index in [0.29, 0.717) is 19.8 Å². The van der Waals surface area contributed by atoms with Crippen molar-refractivity contribution in [3.05, 3.63) is 64.9 Å². The van der Waals surface area contributed by atoms with Gasteiger partial charge >= 0.3 is 0 Å². The van der Waals surface area contributed by atoms with Crippen molar-refractivity contribution in [2.24, 2.45) is 0 Å². The summed E-state index contributed by atoms with van der Waals surface area (Å²) in [6, 6.07) is 13.8. The van der Waals surface area contributed by atoms with Gasteiger partial charge in [0.15, 0.2) is 0 Å². The van der Waals surface area contributed by atoms with Crippen LogP contribution in [-0.2, 0) is 11.3 Å². The molecule has 4 heteroatoms. The van der Waals surface area contributed by atoms with E-state index >= 15 is 0 Å². The van der Waals surface area contributed by atoms with Crippen LogP contribution in [0.1, 0.15) is 5.56 Å². The van der Waals surface area contributed by atoms with Gasteiger partial charge in [-0.25, -0.2) is 4.39 Å². The molecule has 0 fully saturated rings. The van der Waals surface area contributed by atoms with E-state index in [1.54, 1.807) is 12.1 Å². The average molecular weight is 280 g/mol. The van der Waals surface area contributed by atoms with E-state index in [-0.39, 0.29) is 5.82 Å². The lowest BCUT2D eigenvalue weighted by atomic mass is 10.2. The zero-order valence-electron chi connectivity index (χ0n) is 10.4. The van der Waals surface area contributed by atoms with Gasteiger partial charge in [-0.15, -0.1) is 0 Å². The molecule has 0 aliphatic rings. The predicted molar refractivity (Wildman–Crippen MR) is 76.0 cm³/mol. The number of nitrogens with one attached hydrogen (secondary N) is 1. The lowest BCUT2D eigenvalue weighted by molar-refractivity contribution is 0.130. The topological polar surface area (TPSA) is 21.3 Å². The summed E-state index contributed by atoms with van der Waals surface area (Å²) < 4.78 is 18.2. The third-order valence-corrected chi connectivity index (χ3v) is 2.85. The number of anilines is 1. The van der Waals surface area contributed by atoms with Gasteiger partial charge in [0.2, 0.25) is 0 Å². The fourth-order valence-electron chi connectivity index (χ4n) is 1.61. The summed E-state index contributed by atoms with van der Waals surface area (Å²) in [6.07, 6.45) is 0. The Bertz CT molecular complexity index is 451. The normalized spacial score (nSPS) is 10.4. The highest BCUT2D eigenvalue weighted by Gasteiger charge is 1.95. The highest BCUT2D eigenvalue weighted by Crippen LogP contribution is 2.10. The SMILES string of the molecule is Fc1ccc(NCCOCc2ccc(Cl)cc2)cc1.